The zero-order valence-electron chi connectivity index (χ0n) is 17.7. The Morgan fingerprint density at radius 3 is 1.40 bits per heavy atom. The van der Waals surface area contributed by atoms with Gasteiger partial charge in [0.05, 0.1) is 7.16 Å². The molecular formula is C22H28I2O6. The van der Waals surface area contributed by atoms with Crippen molar-refractivity contribution in [1.29, 1.82) is 0 Å². The SMILES string of the molecule is CCC[C@@H]1[C@@H]([C@H]2C(=O)C(I)=C[C@@H](OC(C)=O)[C@@H]2CCC)C(=O)C(I)=C[C@H]1OC(C)=O. The fourth-order valence-corrected chi connectivity index (χ4v) is 6.08. The van der Waals surface area contributed by atoms with Crippen molar-refractivity contribution >= 4 is 68.7 Å². The van der Waals surface area contributed by atoms with Crippen LogP contribution in [0.5, 0.6) is 0 Å². The molecule has 0 amide bonds. The molecule has 0 saturated carbocycles. The van der Waals surface area contributed by atoms with Gasteiger partial charge in [0.2, 0.25) is 0 Å². The molecule has 166 valence electrons. The van der Waals surface area contributed by atoms with Crippen LogP contribution >= 0.6 is 45.2 Å². The summed E-state index contributed by atoms with van der Waals surface area (Å²) in [4.78, 5) is 50.2. The molecule has 0 spiro atoms. The molecule has 0 radical (unpaired) electrons. The second-order valence-corrected chi connectivity index (χ2v) is 10.2. The highest BCUT2D eigenvalue weighted by atomic mass is 127. The molecule has 6 atom stereocenters. The number of carbonyl (C=O) groups is 4. The van der Waals surface area contributed by atoms with E-state index in [1.807, 2.05) is 59.0 Å². The molecule has 0 heterocycles. The van der Waals surface area contributed by atoms with Crippen molar-refractivity contribution in [1.82, 2.24) is 0 Å². The number of halogens is 2. The summed E-state index contributed by atoms with van der Waals surface area (Å²) in [5, 5.41) is 0. The third-order valence-electron chi connectivity index (χ3n) is 5.70. The Morgan fingerprint density at radius 2 is 1.13 bits per heavy atom. The van der Waals surface area contributed by atoms with Gasteiger partial charge in [0.25, 0.3) is 0 Å². The number of rotatable bonds is 7. The van der Waals surface area contributed by atoms with E-state index in [2.05, 4.69) is 0 Å². The van der Waals surface area contributed by atoms with Crippen LogP contribution in [-0.2, 0) is 28.7 Å². The van der Waals surface area contributed by atoms with Gasteiger partial charge in [-0.25, -0.2) is 0 Å². The Morgan fingerprint density at radius 1 is 0.800 bits per heavy atom. The molecule has 30 heavy (non-hydrogen) atoms. The fraction of sp³-hybridized carbons (Fsp3) is 0.636. The molecule has 0 aliphatic heterocycles. The molecule has 8 heteroatoms. The van der Waals surface area contributed by atoms with Crippen LogP contribution in [-0.4, -0.2) is 35.7 Å². The second kappa shape index (κ2) is 11.2. The average molecular weight is 642 g/mol. The van der Waals surface area contributed by atoms with E-state index in [9.17, 15) is 19.2 Å². The third kappa shape index (κ3) is 5.72. The van der Waals surface area contributed by atoms with Gasteiger partial charge in [-0.2, -0.15) is 0 Å². The van der Waals surface area contributed by atoms with Gasteiger partial charge in [0.1, 0.15) is 12.2 Å². The lowest BCUT2D eigenvalue weighted by molar-refractivity contribution is -0.156. The molecule has 0 aromatic carbocycles. The summed E-state index contributed by atoms with van der Waals surface area (Å²) in [6, 6.07) is 0. The zero-order chi connectivity index (χ0) is 22.6. The van der Waals surface area contributed by atoms with Crippen molar-refractivity contribution in [3.8, 4) is 0 Å². The van der Waals surface area contributed by atoms with Crippen molar-refractivity contribution in [2.75, 3.05) is 0 Å². The monoisotopic (exact) mass is 642 g/mol. The molecule has 0 aromatic rings. The standard InChI is InChI=1S/C22H28I2O6/c1-5-7-13-17(29-11(3)25)9-15(23)21(27)19(13)20-14(8-6-2)18(30-12(4)26)10-16(24)22(20)28/h9-10,13-14,17-20H,5-8H2,1-4H3/t13-,14-,17+,18+,19-,20-/m0/s1. The van der Waals surface area contributed by atoms with Gasteiger partial charge >= 0.3 is 11.9 Å². The molecular weight excluding hydrogens is 614 g/mol. The molecule has 2 aliphatic carbocycles. The van der Waals surface area contributed by atoms with Crippen LogP contribution in [0.15, 0.2) is 19.3 Å². The summed E-state index contributed by atoms with van der Waals surface area (Å²) in [7, 11) is 0. The van der Waals surface area contributed by atoms with E-state index < -0.39 is 36.0 Å². The van der Waals surface area contributed by atoms with E-state index in [0.717, 1.165) is 12.8 Å². The quantitative estimate of drug-likeness (QED) is 0.296. The highest BCUT2D eigenvalue weighted by Gasteiger charge is 2.52. The predicted molar refractivity (Wildman–Crippen MR) is 129 cm³/mol. The molecule has 0 unspecified atom stereocenters. The summed E-state index contributed by atoms with van der Waals surface area (Å²) in [6.07, 6.45) is 5.17. The van der Waals surface area contributed by atoms with E-state index in [-0.39, 0.29) is 23.4 Å². The Balaban J connectivity index is 2.58. The summed E-state index contributed by atoms with van der Waals surface area (Å²) in [5.41, 5.74) is 0. The van der Waals surface area contributed by atoms with Gasteiger partial charge in [0.15, 0.2) is 11.6 Å². The van der Waals surface area contributed by atoms with E-state index in [1.54, 1.807) is 12.2 Å². The number of hydrogen-bond acceptors (Lipinski definition) is 6. The molecule has 0 fully saturated rings. The summed E-state index contributed by atoms with van der Waals surface area (Å²) < 4.78 is 12.1. The maximum atomic E-state index is 13.4. The first-order valence-electron chi connectivity index (χ1n) is 10.3. The number of ketones is 2. The predicted octanol–water partition coefficient (Wildman–Crippen LogP) is 4.72. The van der Waals surface area contributed by atoms with Crippen molar-refractivity contribution in [2.24, 2.45) is 23.7 Å². The summed E-state index contributed by atoms with van der Waals surface area (Å²) in [6.45, 7) is 6.72. The third-order valence-corrected chi connectivity index (χ3v) is 7.48. The smallest absolute Gasteiger partial charge is 0.303 e. The van der Waals surface area contributed by atoms with Crippen LogP contribution in [0.3, 0.4) is 0 Å². The lowest BCUT2D eigenvalue weighted by Gasteiger charge is -2.43. The number of ether oxygens (including phenoxy) is 2. The number of hydrogen-bond donors (Lipinski definition) is 0. The Kier molecular flexibility index (Phi) is 9.51. The highest BCUT2D eigenvalue weighted by molar-refractivity contribution is 14.1. The van der Waals surface area contributed by atoms with E-state index in [4.69, 9.17) is 9.47 Å². The van der Waals surface area contributed by atoms with Crippen molar-refractivity contribution in [3.05, 3.63) is 19.3 Å². The summed E-state index contributed by atoms with van der Waals surface area (Å²) in [5.74, 6) is -2.84. The molecule has 2 aliphatic rings. The number of esters is 2. The minimum Gasteiger partial charge on any atom is -0.458 e. The first kappa shape index (κ1) is 25.5. The van der Waals surface area contributed by atoms with Gasteiger partial charge in [0, 0.05) is 37.5 Å². The van der Waals surface area contributed by atoms with Crippen LogP contribution in [0.25, 0.3) is 0 Å². The van der Waals surface area contributed by atoms with Crippen LogP contribution in [0.2, 0.25) is 0 Å². The first-order valence-corrected chi connectivity index (χ1v) is 12.5. The Labute approximate surface area is 204 Å². The van der Waals surface area contributed by atoms with Crippen molar-refractivity contribution in [2.45, 2.75) is 65.6 Å². The molecule has 0 N–H and O–H groups in total. The zero-order valence-corrected chi connectivity index (χ0v) is 22.0. The van der Waals surface area contributed by atoms with Crippen LogP contribution in [0.1, 0.15) is 53.4 Å². The molecule has 6 nitrogen and oxygen atoms in total. The Hall–Kier alpha value is -0.780. The lowest BCUT2D eigenvalue weighted by atomic mass is 9.62. The average Bonchev–Trinajstić information content (AvgIpc) is 2.64. The maximum Gasteiger partial charge on any atom is 0.303 e. The highest BCUT2D eigenvalue weighted by Crippen LogP contribution is 2.47. The van der Waals surface area contributed by atoms with Crippen molar-refractivity contribution in [3.63, 3.8) is 0 Å². The van der Waals surface area contributed by atoms with E-state index >= 15 is 0 Å². The van der Waals surface area contributed by atoms with Gasteiger partial charge in [-0.1, -0.05) is 26.7 Å². The van der Waals surface area contributed by atoms with E-state index in [1.165, 1.54) is 13.8 Å². The summed E-state index contributed by atoms with van der Waals surface area (Å²) >= 11 is 3.94. The fourth-order valence-electron chi connectivity index (χ4n) is 4.66. The minimum atomic E-state index is -0.619. The number of allylic oxidation sites excluding steroid dienone is 2. The van der Waals surface area contributed by atoms with Crippen molar-refractivity contribution < 1.29 is 28.7 Å². The van der Waals surface area contributed by atoms with Crippen LogP contribution in [0, 0.1) is 23.7 Å². The minimum absolute atomic E-state index is 0.0930. The van der Waals surface area contributed by atoms with Crippen LogP contribution in [0.4, 0.5) is 0 Å². The maximum absolute atomic E-state index is 13.4. The van der Waals surface area contributed by atoms with Crippen LogP contribution < -0.4 is 0 Å². The molecule has 2 rings (SSSR count). The van der Waals surface area contributed by atoms with Gasteiger partial charge < -0.3 is 9.47 Å². The molecule has 0 aromatic heterocycles. The lowest BCUT2D eigenvalue weighted by Crippen LogP contribution is -2.50. The second-order valence-electron chi connectivity index (χ2n) is 7.86. The largest absolute Gasteiger partial charge is 0.458 e. The van der Waals surface area contributed by atoms with E-state index in [0.29, 0.717) is 20.0 Å². The first-order chi connectivity index (χ1) is 14.1. The van der Waals surface area contributed by atoms with Gasteiger partial charge in [-0.05, 0) is 70.2 Å². The van der Waals surface area contributed by atoms with Gasteiger partial charge in [-0.3, -0.25) is 19.2 Å². The molecule has 0 saturated heterocycles. The number of Topliss-reactive ketones (excluding diaryl/α,β-unsaturated/α-hetero) is 2. The topological polar surface area (TPSA) is 86.7 Å². The normalized spacial score (nSPS) is 31.7. The number of carbonyl (C=O) groups excluding carboxylic acids is 4. The molecule has 0 bridgehead atoms. The van der Waals surface area contributed by atoms with Gasteiger partial charge in [-0.15, -0.1) is 0 Å². The Bertz CT molecular complexity index is 708.